The van der Waals surface area contributed by atoms with Crippen molar-refractivity contribution in [3.8, 4) is 5.75 Å². The van der Waals surface area contributed by atoms with Crippen LogP contribution in [0.15, 0.2) is 24.3 Å². The Balaban J connectivity index is 1.94. The van der Waals surface area contributed by atoms with E-state index in [0.717, 1.165) is 25.3 Å². The molecule has 1 aliphatic rings. The van der Waals surface area contributed by atoms with Crippen LogP contribution in [0.4, 0.5) is 0 Å². The highest BCUT2D eigenvalue weighted by molar-refractivity contribution is 5.35. The van der Waals surface area contributed by atoms with Crippen molar-refractivity contribution in [2.24, 2.45) is 5.92 Å². The zero-order valence-corrected chi connectivity index (χ0v) is 9.49. The summed E-state index contributed by atoms with van der Waals surface area (Å²) in [6.45, 7) is 6.31. The van der Waals surface area contributed by atoms with E-state index in [1.807, 2.05) is 12.1 Å². The van der Waals surface area contributed by atoms with Crippen molar-refractivity contribution in [1.29, 1.82) is 0 Å². The largest absolute Gasteiger partial charge is 0.492 e. The number of nitrogens with one attached hydrogen (secondary N) is 1. The second kappa shape index (κ2) is 4.67. The Labute approximate surface area is 91.6 Å². The summed E-state index contributed by atoms with van der Waals surface area (Å²) in [7, 11) is 0. The maximum absolute atomic E-state index is 5.71. The van der Waals surface area contributed by atoms with Crippen LogP contribution < -0.4 is 10.1 Å². The fourth-order valence-electron chi connectivity index (χ4n) is 1.86. The zero-order chi connectivity index (χ0) is 10.7. The molecule has 1 aliphatic heterocycles. The molecule has 0 saturated carbocycles. The summed E-state index contributed by atoms with van der Waals surface area (Å²) in [5.74, 6) is 1.75. The molecular weight excluding hydrogens is 186 g/mol. The number of benzene rings is 1. The predicted octanol–water partition coefficient (Wildman–Crippen LogP) is 2.24. The van der Waals surface area contributed by atoms with Crippen LogP contribution in [0, 0.1) is 5.92 Å². The number of hydrogen-bond acceptors (Lipinski definition) is 2. The average molecular weight is 205 g/mol. The van der Waals surface area contributed by atoms with Crippen molar-refractivity contribution in [2.45, 2.75) is 26.3 Å². The third kappa shape index (κ3) is 2.72. The molecule has 0 radical (unpaired) electrons. The minimum absolute atomic E-state index is 0.474. The van der Waals surface area contributed by atoms with Gasteiger partial charge in [-0.1, -0.05) is 32.0 Å². The van der Waals surface area contributed by atoms with Crippen LogP contribution in [-0.4, -0.2) is 19.2 Å². The van der Waals surface area contributed by atoms with Crippen molar-refractivity contribution in [1.82, 2.24) is 5.32 Å². The molecule has 0 aliphatic carbocycles. The highest BCUT2D eigenvalue weighted by Crippen LogP contribution is 2.23. The van der Waals surface area contributed by atoms with Crippen LogP contribution in [-0.2, 0) is 6.42 Å². The second-order valence-electron chi connectivity index (χ2n) is 4.62. The van der Waals surface area contributed by atoms with Crippen LogP contribution in [0.2, 0.25) is 0 Å². The highest BCUT2D eigenvalue weighted by Gasteiger charge is 2.18. The van der Waals surface area contributed by atoms with Gasteiger partial charge in [0.15, 0.2) is 0 Å². The van der Waals surface area contributed by atoms with E-state index in [0.29, 0.717) is 12.0 Å². The van der Waals surface area contributed by atoms with Crippen molar-refractivity contribution in [2.75, 3.05) is 13.2 Å². The van der Waals surface area contributed by atoms with Crippen molar-refractivity contribution < 1.29 is 4.74 Å². The number of rotatable bonds is 3. The maximum atomic E-state index is 5.71. The topological polar surface area (TPSA) is 21.3 Å². The highest BCUT2D eigenvalue weighted by atomic mass is 16.5. The molecule has 1 N–H and O–H groups in total. The SMILES string of the molecule is CC(C)CN[C@@H]1COc2ccccc2C1. The summed E-state index contributed by atoms with van der Waals surface area (Å²) in [5, 5.41) is 3.54. The molecule has 0 amide bonds. The van der Waals surface area contributed by atoms with E-state index < -0.39 is 0 Å². The summed E-state index contributed by atoms with van der Waals surface area (Å²) in [6, 6.07) is 8.78. The molecule has 15 heavy (non-hydrogen) atoms. The first-order valence-electron chi connectivity index (χ1n) is 5.70. The second-order valence-corrected chi connectivity index (χ2v) is 4.62. The van der Waals surface area contributed by atoms with Crippen LogP contribution in [0.3, 0.4) is 0 Å². The van der Waals surface area contributed by atoms with Gasteiger partial charge in [0.1, 0.15) is 12.4 Å². The quantitative estimate of drug-likeness (QED) is 0.817. The number of fused-ring (bicyclic) bond motifs is 1. The van der Waals surface area contributed by atoms with Gasteiger partial charge in [-0.15, -0.1) is 0 Å². The fourth-order valence-corrected chi connectivity index (χ4v) is 1.86. The van der Waals surface area contributed by atoms with Gasteiger partial charge >= 0.3 is 0 Å². The Bertz CT molecular complexity index is 322. The van der Waals surface area contributed by atoms with Gasteiger partial charge in [-0.3, -0.25) is 0 Å². The Morgan fingerprint density at radius 3 is 3.00 bits per heavy atom. The molecule has 0 saturated heterocycles. The first-order valence-corrected chi connectivity index (χ1v) is 5.70. The lowest BCUT2D eigenvalue weighted by atomic mass is 10.0. The van der Waals surface area contributed by atoms with Gasteiger partial charge in [0.05, 0.1) is 0 Å². The van der Waals surface area contributed by atoms with Gasteiger partial charge in [0.2, 0.25) is 0 Å². The summed E-state index contributed by atoms with van der Waals surface area (Å²) in [5.41, 5.74) is 1.32. The van der Waals surface area contributed by atoms with Gasteiger partial charge < -0.3 is 10.1 Å². The lowest BCUT2D eigenvalue weighted by Gasteiger charge is -2.26. The van der Waals surface area contributed by atoms with Gasteiger partial charge in [0.25, 0.3) is 0 Å². The molecule has 1 heterocycles. The van der Waals surface area contributed by atoms with Crippen molar-refractivity contribution >= 4 is 0 Å². The first kappa shape index (κ1) is 10.5. The zero-order valence-electron chi connectivity index (χ0n) is 9.49. The number of hydrogen-bond donors (Lipinski definition) is 1. The summed E-state index contributed by atoms with van der Waals surface area (Å²) >= 11 is 0. The van der Waals surface area contributed by atoms with Gasteiger partial charge in [-0.05, 0) is 30.5 Å². The third-order valence-corrected chi connectivity index (χ3v) is 2.69. The molecule has 0 spiro atoms. The van der Waals surface area contributed by atoms with E-state index in [1.54, 1.807) is 0 Å². The van der Waals surface area contributed by atoms with Gasteiger partial charge in [-0.25, -0.2) is 0 Å². The Kier molecular flexibility index (Phi) is 3.27. The van der Waals surface area contributed by atoms with Gasteiger partial charge in [-0.2, -0.15) is 0 Å². The van der Waals surface area contributed by atoms with Crippen LogP contribution in [0.5, 0.6) is 5.75 Å². The Morgan fingerprint density at radius 1 is 1.40 bits per heavy atom. The molecule has 2 nitrogen and oxygen atoms in total. The average Bonchev–Trinajstić information content (AvgIpc) is 2.26. The lowest BCUT2D eigenvalue weighted by molar-refractivity contribution is 0.235. The molecule has 0 fully saturated rings. The molecule has 2 heteroatoms. The number of para-hydroxylation sites is 1. The van der Waals surface area contributed by atoms with Crippen LogP contribution in [0.25, 0.3) is 0 Å². The van der Waals surface area contributed by atoms with Crippen molar-refractivity contribution in [3.05, 3.63) is 29.8 Å². The van der Waals surface area contributed by atoms with E-state index >= 15 is 0 Å². The monoisotopic (exact) mass is 205 g/mol. The molecule has 82 valence electrons. The molecule has 0 unspecified atom stereocenters. The minimum atomic E-state index is 0.474. The molecular formula is C13H19NO. The maximum Gasteiger partial charge on any atom is 0.122 e. The van der Waals surface area contributed by atoms with E-state index in [1.165, 1.54) is 5.56 Å². The molecule has 1 atom stereocenters. The molecule has 1 aromatic carbocycles. The van der Waals surface area contributed by atoms with Crippen LogP contribution in [0.1, 0.15) is 19.4 Å². The van der Waals surface area contributed by atoms with E-state index in [9.17, 15) is 0 Å². The number of ether oxygens (including phenoxy) is 1. The van der Waals surface area contributed by atoms with E-state index in [4.69, 9.17) is 4.74 Å². The smallest absolute Gasteiger partial charge is 0.122 e. The summed E-state index contributed by atoms with van der Waals surface area (Å²) < 4.78 is 5.71. The molecule has 0 bridgehead atoms. The standard InChI is InChI=1S/C13H19NO/c1-10(2)8-14-12-7-11-5-3-4-6-13(11)15-9-12/h3-6,10,12,14H,7-9H2,1-2H3/t12-/m0/s1. The van der Waals surface area contributed by atoms with Crippen molar-refractivity contribution in [3.63, 3.8) is 0 Å². The first-order chi connectivity index (χ1) is 7.25. The lowest BCUT2D eigenvalue weighted by Crippen LogP contribution is -2.40. The van der Waals surface area contributed by atoms with Gasteiger partial charge in [0, 0.05) is 6.04 Å². The predicted molar refractivity (Wildman–Crippen MR) is 62.3 cm³/mol. The Morgan fingerprint density at radius 2 is 2.20 bits per heavy atom. The minimum Gasteiger partial charge on any atom is -0.492 e. The summed E-state index contributed by atoms with van der Waals surface area (Å²) in [4.78, 5) is 0. The normalized spacial score (nSPS) is 19.8. The fraction of sp³-hybridized carbons (Fsp3) is 0.538. The van der Waals surface area contributed by atoms with E-state index in [2.05, 4.69) is 31.3 Å². The molecule has 0 aromatic heterocycles. The Hall–Kier alpha value is -1.02. The summed E-state index contributed by atoms with van der Waals surface area (Å²) in [6.07, 6.45) is 1.09. The van der Waals surface area contributed by atoms with Crippen LogP contribution >= 0.6 is 0 Å². The molecule has 2 rings (SSSR count). The third-order valence-electron chi connectivity index (χ3n) is 2.69. The van der Waals surface area contributed by atoms with E-state index in [-0.39, 0.29) is 0 Å². The molecule has 1 aromatic rings.